The Bertz CT molecular complexity index is 1320. The first-order valence-corrected chi connectivity index (χ1v) is 13.7. The number of allylic oxidation sites excluding steroid dienone is 2. The molecular weight excluding hydrogens is 513 g/mol. The third-order valence-corrected chi connectivity index (χ3v) is 7.15. The van der Waals surface area contributed by atoms with Crippen LogP contribution in [0.2, 0.25) is 0 Å². The first-order chi connectivity index (χ1) is 19.4. The number of ether oxygens (including phenoxy) is 1. The number of carbonyl (C=O) groups excluding carboxylic acids is 3. The van der Waals surface area contributed by atoms with E-state index in [4.69, 9.17) is 9.84 Å². The number of aliphatic hydroxyl groups is 1. The fourth-order valence-electron chi connectivity index (χ4n) is 5.00. The molecule has 2 aromatic carbocycles. The molecular formula is C31H36FN3O5. The van der Waals surface area contributed by atoms with Gasteiger partial charge in [0.05, 0.1) is 24.5 Å². The number of aromatic nitrogens is 1. The van der Waals surface area contributed by atoms with Crippen molar-refractivity contribution in [2.45, 2.75) is 44.6 Å². The molecule has 40 heavy (non-hydrogen) atoms. The normalized spacial score (nSPS) is 21.4. The molecule has 0 saturated heterocycles. The molecule has 4 rings (SSSR count). The van der Waals surface area contributed by atoms with Crippen LogP contribution >= 0.6 is 0 Å². The zero-order valence-electron chi connectivity index (χ0n) is 22.4. The lowest BCUT2D eigenvalue weighted by Gasteiger charge is -2.23. The van der Waals surface area contributed by atoms with Gasteiger partial charge in [0.1, 0.15) is 12.4 Å². The fourth-order valence-corrected chi connectivity index (χ4v) is 5.00. The lowest BCUT2D eigenvalue weighted by molar-refractivity contribution is -0.150. The lowest BCUT2D eigenvalue weighted by Crippen LogP contribution is -2.44. The molecule has 1 aliphatic rings. The number of aromatic amines is 1. The third kappa shape index (κ3) is 8.26. The van der Waals surface area contributed by atoms with Crippen LogP contribution in [0.25, 0.3) is 10.9 Å². The molecule has 1 aliphatic heterocycles. The van der Waals surface area contributed by atoms with E-state index in [0.717, 1.165) is 22.0 Å². The van der Waals surface area contributed by atoms with Gasteiger partial charge in [0.15, 0.2) is 0 Å². The summed E-state index contributed by atoms with van der Waals surface area (Å²) >= 11 is 0. The highest BCUT2D eigenvalue weighted by atomic mass is 19.1. The van der Waals surface area contributed by atoms with Crippen molar-refractivity contribution in [2.75, 3.05) is 19.8 Å². The summed E-state index contributed by atoms with van der Waals surface area (Å²) in [6.07, 6.45) is 7.96. The summed E-state index contributed by atoms with van der Waals surface area (Å²) in [5, 5.41) is 15.7. The second-order valence-electron chi connectivity index (χ2n) is 10.2. The van der Waals surface area contributed by atoms with E-state index < -0.39 is 17.9 Å². The number of benzene rings is 2. The van der Waals surface area contributed by atoms with Crippen LogP contribution < -0.4 is 10.6 Å². The van der Waals surface area contributed by atoms with Crippen molar-refractivity contribution in [1.29, 1.82) is 0 Å². The molecule has 3 aromatic rings. The lowest BCUT2D eigenvalue weighted by atomic mass is 9.94. The number of cyclic esters (lactones) is 1. The van der Waals surface area contributed by atoms with Crippen molar-refractivity contribution in [3.05, 3.63) is 83.8 Å². The van der Waals surface area contributed by atoms with Crippen LogP contribution in [-0.2, 0) is 32.0 Å². The van der Waals surface area contributed by atoms with Crippen LogP contribution in [0.1, 0.15) is 36.8 Å². The number of hydrogen-bond acceptors (Lipinski definition) is 5. The molecule has 3 atom stereocenters. The van der Waals surface area contributed by atoms with Crippen molar-refractivity contribution in [1.82, 2.24) is 15.6 Å². The van der Waals surface area contributed by atoms with E-state index in [1.807, 2.05) is 42.6 Å². The van der Waals surface area contributed by atoms with Gasteiger partial charge in [-0.15, -0.1) is 0 Å². The summed E-state index contributed by atoms with van der Waals surface area (Å²) in [5.74, 6) is -2.36. The van der Waals surface area contributed by atoms with Gasteiger partial charge < -0.3 is 25.5 Å². The molecule has 2 heterocycles. The molecule has 0 aliphatic carbocycles. The quantitative estimate of drug-likeness (QED) is 0.253. The van der Waals surface area contributed by atoms with E-state index in [1.165, 1.54) is 12.1 Å². The number of fused-ring (bicyclic) bond motifs is 1. The number of para-hydroxylation sites is 1. The first-order valence-electron chi connectivity index (χ1n) is 13.7. The summed E-state index contributed by atoms with van der Waals surface area (Å²) in [5.41, 5.74) is 2.78. The van der Waals surface area contributed by atoms with E-state index >= 15 is 0 Å². The predicted octanol–water partition coefficient (Wildman–Crippen LogP) is 3.59. The van der Waals surface area contributed by atoms with Gasteiger partial charge in [-0.1, -0.05) is 42.5 Å². The molecule has 0 radical (unpaired) electrons. The van der Waals surface area contributed by atoms with Crippen molar-refractivity contribution < 1.29 is 28.6 Å². The molecule has 0 spiro atoms. The zero-order valence-corrected chi connectivity index (χ0v) is 22.4. The molecule has 0 bridgehead atoms. The van der Waals surface area contributed by atoms with E-state index in [-0.39, 0.29) is 49.8 Å². The Morgan fingerprint density at radius 1 is 1.05 bits per heavy atom. The molecule has 0 saturated carbocycles. The second-order valence-corrected chi connectivity index (χ2v) is 10.2. The third-order valence-electron chi connectivity index (χ3n) is 7.15. The summed E-state index contributed by atoms with van der Waals surface area (Å²) in [7, 11) is 0. The number of rotatable bonds is 8. The Hall–Kier alpha value is -3.98. The monoisotopic (exact) mass is 549 g/mol. The predicted molar refractivity (Wildman–Crippen MR) is 150 cm³/mol. The SMILES string of the molecule is O=C(C[C@H]1C/C=C/CC[C@H](Cc2ccc(F)cc2)C(=O)OC[C@@H](Cc2c[nH]c3ccccc23)NC1=O)NCCO. The maximum atomic E-state index is 13.4. The van der Waals surface area contributed by atoms with Crippen LogP contribution in [0.4, 0.5) is 4.39 Å². The molecule has 212 valence electrons. The molecule has 9 heteroatoms. The van der Waals surface area contributed by atoms with Gasteiger partial charge >= 0.3 is 5.97 Å². The maximum Gasteiger partial charge on any atom is 0.309 e. The molecule has 2 amide bonds. The smallest absolute Gasteiger partial charge is 0.309 e. The average Bonchev–Trinajstić information content (AvgIpc) is 3.36. The van der Waals surface area contributed by atoms with Gasteiger partial charge in [0.2, 0.25) is 11.8 Å². The highest BCUT2D eigenvalue weighted by Crippen LogP contribution is 2.22. The average molecular weight is 550 g/mol. The largest absolute Gasteiger partial charge is 0.463 e. The number of hydrogen-bond donors (Lipinski definition) is 4. The molecule has 8 nitrogen and oxygen atoms in total. The van der Waals surface area contributed by atoms with E-state index in [0.29, 0.717) is 32.1 Å². The minimum Gasteiger partial charge on any atom is -0.463 e. The number of aliphatic hydroxyl groups excluding tert-OH is 1. The van der Waals surface area contributed by atoms with E-state index in [1.54, 1.807) is 12.1 Å². The molecule has 0 fully saturated rings. The Kier molecular flexibility index (Phi) is 10.5. The number of carbonyl (C=O) groups is 3. The summed E-state index contributed by atoms with van der Waals surface area (Å²) < 4.78 is 19.2. The van der Waals surface area contributed by atoms with Crippen LogP contribution in [0, 0.1) is 17.7 Å². The Labute approximate surface area is 233 Å². The Morgan fingerprint density at radius 2 is 1.85 bits per heavy atom. The highest BCUT2D eigenvalue weighted by molar-refractivity contribution is 5.86. The summed E-state index contributed by atoms with van der Waals surface area (Å²) in [6, 6.07) is 13.4. The minimum atomic E-state index is -0.619. The maximum absolute atomic E-state index is 13.4. The standard InChI is InChI=1S/C31H36FN3O5/c32-25-12-10-21(11-13-25)16-23-7-3-1-2-6-22(18-29(37)33-14-15-36)30(38)35-26(20-40-31(23)39)17-24-19-34-28-9-5-4-8-27(24)28/h1-2,4-5,8-13,19,22-23,26,34,36H,3,6-7,14-18,20H2,(H,33,37)(H,35,38)/b2-1+/t22-,23-,26-/m1/s1. The van der Waals surface area contributed by atoms with Gasteiger partial charge in [0, 0.05) is 30.1 Å². The van der Waals surface area contributed by atoms with Crippen molar-refractivity contribution in [3.63, 3.8) is 0 Å². The highest BCUT2D eigenvalue weighted by Gasteiger charge is 2.27. The summed E-state index contributed by atoms with van der Waals surface area (Å²) in [6.45, 7) is -0.0852. The van der Waals surface area contributed by atoms with Gasteiger partial charge in [-0.3, -0.25) is 14.4 Å². The van der Waals surface area contributed by atoms with Crippen LogP contribution in [0.15, 0.2) is 66.9 Å². The van der Waals surface area contributed by atoms with E-state index in [9.17, 15) is 18.8 Å². The molecule has 4 N–H and O–H groups in total. The number of H-pyrrole nitrogens is 1. The van der Waals surface area contributed by atoms with Crippen LogP contribution in [0.3, 0.4) is 0 Å². The number of amides is 2. The van der Waals surface area contributed by atoms with Gasteiger partial charge in [-0.05, 0) is 61.4 Å². The Balaban J connectivity index is 1.55. The van der Waals surface area contributed by atoms with E-state index in [2.05, 4.69) is 15.6 Å². The van der Waals surface area contributed by atoms with Crippen LogP contribution in [0.5, 0.6) is 0 Å². The van der Waals surface area contributed by atoms with Crippen molar-refractivity contribution in [2.24, 2.45) is 11.8 Å². The van der Waals surface area contributed by atoms with Crippen LogP contribution in [-0.4, -0.2) is 53.7 Å². The first kappa shape index (κ1) is 29.0. The number of esters is 1. The van der Waals surface area contributed by atoms with Crippen molar-refractivity contribution in [3.8, 4) is 0 Å². The zero-order chi connectivity index (χ0) is 28.3. The van der Waals surface area contributed by atoms with Crippen molar-refractivity contribution >= 4 is 28.7 Å². The molecule has 0 unspecified atom stereocenters. The summed E-state index contributed by atoms with van der Waals surface area (Å²) in [4.78, 5) is 42.2. The Morgan fingerprint density at radius 3 is 2.65 bits per heavy atom. The topological polar surface area (TPSA) is 121 Å². The molecule has 1 aromatic heterocycles. The number of nitrogens with one attached hydrogen (secondary N) is 3. The minimum absolute atomic E-state index is 0.0248. The second kappa shape index (κ2) is 14.4. The number of halogens is 1. The fraction of sp³-hybridized carbons (Fsp3) is 0.387. The van der Waals surface area contributed by atoms with Gasteiger partial charge in [-0.25, -0.2) is 4.39 Å². The van der Waals surface area contributed by atoms with Gasteiger partial charge in [0.25, 0.3) is 0 Å². The van der Waals surface area contributed by atoms with Gasteiger partial charge in [-0.2, -0.15) is 0 Å².